The normalized spacial score (nSPS) is 15.0. The number of halogens is 2. The molecule has 0 radical (unpaired) electrons. The van der Waals surface area contributed by atoms with Gasteiger partial charge in [0, 0.05) is 37.7 Å². The number of amides is 1. The van der Waals surface area contributed by atoms with Crippen LogP contribution in [0.1, 0.15) is 5.56 Å². The summed E-state index contributed by atoms with van der Waals surface area (Å²) < 4.78 is 14.7. The third kappa shape index (κ3) is 4.46. The number of carbonyl (C=O) groups is 1. The third-order valence-corrected chi connectivity index (χ3v) is 5.35. The van der Waals surface area contributed by atoms with Gasteiger partial charge in [0.1, 0.15) is 12.4 Å². The number of carbonyl (C=O) groups excluding carboxylic acids is 1. The van der Waals surface area contributed by atoms with Gasteiger partial charge in [0.15, 0.2) is 0 Å². The van der Waals surface area contributed by atoms with E-state index in [9.17, 15) is 14.0 Å². The largest absolute Gasteiger partial charge is 0.339 e. The van der Waals surface area contributed by atoms with Gasteiger partial charge in [-0.3, -0.25) is 19.1 Å². The first-order valence-corrected chi connectivity index (χ1v) is 9.77. The van der Waals surface area contributed by atoms with Crippen molar-refractivity contribution in [2.75, 3.05) is 26.2 Å². The summed E-state index contributed by atoms with van der Waals surface area (Å²) in [6.07, 6.45) is 1.34. The fourth-order valence-electron chi connectivity index (χ4n) is 3.54. The zero-order chi connectivity index (χ0) is 20.4. The van der Waals surface area contributed by atoms with Gasteiger partial charge in [-0.05, 0) is 35.9 Å². The van der Waals surface area contributed by atoms with Crippen LogP contribution < -0.4 is 5.56 Å². The van der Waals surface area contributed by atoms with E-state index in [0.29, 0.717) is 23.6 Å². The Labute approximate surface area is 172 Å². The summed E-state index contributed by atoms with van der Waals surface area (Å²) in [7, 11) is 0. The van der Waals surface area contributed by atoms with Crippen molar-refractivity contribution in [3.05, 3.63) is 75.5 Å². The molecule has 3 aromatic rings. The number of hydrogen-bond donors (Lipinski definition) is 0. The van der Waals surface area contributed by atoms with Crippen LogP contribution in [0, 0.1) is 5.82 Å². The summed E-state index contributed by atoms with van der Waals surface area (Å²) in [5.74, 6) is -0.650. The molecule has 0 aliphatic carbocycles. The molecule has 0 atom stereocenters. The second kappa shape index (κ2) is 8.31. The molecule has 0 N–H and O–H groups in total. The van der Waals surface area contributed by atoms with Crippen LogP contribution in [0.15, 0.2) is 53.6 Å². The van der Waals surface area contributed by atoms with E-state index in [1.54, 1.807) is 4.90 Å². The second-order valence-corrected chi connectivity index (χ2v) is 7.56. The maximum absolute atomic E-state index is 13.5. The maximum atomic E-state index is 13.5. The fourth-order valence-corrected chi connectivity index (χ4v) is 3.75. The van der Waals surface area contributed by atoms with Crippen molar-refractivity contribution in [2.45, 2.75) is 13.1 Å². The molecular weight excluding hydrogens is 395 g/mol. The summed E-state index contributed by atoms with van der Waals surface area (Å²) in [5, 5.41) is 0.886. The van der Waals surface area contributed by atoms with Crippen molar-refractivity contribution in [1.82, 2.24) is 19.4 Å². The van der Waals surface area contributed by atoms with E-state index in [-0.39, 0.29) is 17.8 Å². The molecule has 29 heavy (non-hydrogen) atoms. The molecule has 1 fully saturated rings. The summed E-state index contributed by atoms with van der Waals surface area (Å²) in [6.45, 7) is 3.34. The Morgan fingerprint density at radius 3 is 2.66 bits per heavy atom. The molecule has 0 saturated carbocycles. The molecule has 0 unspecified atom stereocenters. The number of hydrogen-bond acceptors (Lipinski definition) is 4. The van der Waals surface area contributed by atoms with Crippen LogP contribution in [-0.4, -0.2) is 51.4 Å². The molecule has 1 aromatic heterocycles. The third-order valence-electron chi connectivity index (χ3n) is 5.11. The summed E-state index contributed by atoms with van der Waals surface area (Å²) in [5.41, 5.74) is 1.13. The molecule has 1 aliphatic heterocycles. The van der Waals surface area contributed by atoms with Crippen LogP contribution in [0.25, 0.3) is 10.9 Å². The molecule has 2 aromatic carbocycles. The smallest absolute Gasteiger partial charge is 0.261 e. The Bertz CT molecular complexity index is 1110. The molecule has 0 bridgehead atoms. The van der Waals surface area contributed by atoms with E-state index in [2.05, 4.69) is 9.88 Å². The van der Waals surface area contributed by atoms with Crippen molar-refractivity contribution in [1.29, 1.82) is 0 Å². The number of rotatable bonds is 4. The Morgan fingerprint density at radius 2 is 1.90 bits per heavy atom. The first-order chi connectivity index (χ1) is 14.0. The van der Waals surface area contributed by atoms with Crippen LogP contribution in [0.4, 0.5) is 4.39 Å². The van der Waals surface area contributed by atoms with Gasteiger partial charge < -0.3 is 4.90 Å². The van der Waals surface area contributed by atoms with Crippen molar-refractivity contribution < 1.29 is 9.18 Å². The number of benzene rings is 2. The Hall–Kier alpha value is -2.77. The molecule has 1 amide bonds. The van der Waals surface area contributed by atoms with Gasteiger partial charge in [-0.2, -0.15) is 0 Å². The van der Waals surface area contributed by atoms with Gasteiger partial charge in [0.05, 0.1) is 17.2 Å². The highest BCUT2D eigenvalue weighted by atomic mass is 35.5. The zero-order valence-corrected chi connectivity index (χ0v) is 16.5. The lowest BCUT2D eigenvalue weighted by molar-refractivity contribution is -0.133. The second-order valence-electron chi connectivity index (χ2n) is 7.13. The molecule has 8 heteroatoms. The average Bonchev–Trinajstić information content (AvgIpc) is 2.71. The van der Waals surface area contributed by atoms with Gasteiger partial charge in [0.2, 0.25) is 5.91 Å². The molecule has 6 nitrogen and oxygen atoms in total. The van der Waals surface area contributed by atoms with E-state index in [1.807, 2.05) is 24.3 Å². The van der Waals surface area contributed by atoms with Crippen LogP contribution in [0.3, 0.4) is 0 Å². The number of piperazine rings is 1. The van der Waals surface area contributed by atoms with Gasteiger partial charge >= 0.3 is 0 Å². The lowest BCUT2D eigenvalue weighted by Crippen LogP contribution is -2.49. The molecule has 0 spiro atoms. The summed E-state index contributed by atoms with van der Waals surface area (Å²) in [6, 6.07) is 11.6. The monoisotopic (exact) mass is 414 g/mol. The van der Waals surface area contributed by atoms with E-state index in [4.69, 9.17) is 11.6 Å². The predicted molar refractivity (Wildman–Crippen MR) is 109 cm³/mol. The minimum atomic E-state index is -0.503. The molecule has 150 valence electrons. The van der Waals surface area contributed by atoms with E-state index >= 15 is 0 Å². The molecular formula is C21H20ClFN4O2. The highest BCUT2D eigenvalue weighted by molar-refractivity contribution is 6.30. The van der Waals surface area contributed by atoms with Crippen molar-refractivity contribution in [2.24, 2.45) is 0 Å². The topological polar surface area (TPSA) is 58.4 Å². The number of fused-ring (bicyclic) bond motifs is 1. The van der Waals surface area contributed by atoms with Crippen LogP contribution in [0.5, 0.6) is 0 Å². The number of aromatic nitrogens is 2. The lowest BCUT2D eigenvalue weighted by Gasteiger charge is -2.34. The fraction of sp³-hybridized carbons (Fsp3) is 0.286. The van der Waals surface area contributed by atoms with Gasteiger partial charge in [0.25, 0.3) is 5.56 Å². The average molecular weight is 415 g/mol. The lowest BCUT2D eigenvalue weighted by atomic mass is 10.2. The van der Waals surface area contributed by atoms with Gasteiger partial charge in [-0.25, -0.2) is 9.37 Å². The predicted octanol–water partition coefficient (Wildman–Crippen LogP) is 2.53. The van der Waals surface area contributed by atoms with Crippen molar-refractivity contribution in [3.8, 4) is 0 Å². The first kappa shape index (κ1) is 19.5. The number of nitrogens with zero attached hydrogens (tertiary/aromatic N) is 4. The van der Waals surface area contributed by atoms with Crippen molar-refractivity contribution >= 4 is 28.4 Å². The highest BCUT2D eigenvalue weighted by Crippen LogP contribution is 2.14. The van der Waals surface area contributed by atoms with Crippen LogP contribution in [0.2, 0.25) is 5.02 Å². The summed E-state index contributed by atoms with van der Waals surface area (Å²) >= 11 is 6.04. The highest BCUT2D eigenvalue weighted by Gasteiger charge is 2.22. The Kier molecular flexibility index (Phi) is 5.60. The van der Waals surface area contributed by atoms with Crippen molar-refractivity contribution in [3.63, 3.8) is 0 Å². The molecule has 4 rings (SSSR count). The Morgan fingerprint density at radius 1 is 1.10 bits per heavy atom. The van der Waals surface area contributed by atoms with Crippen LogP contribution in [-0.2, 0) is 17.9 Å². The molecule has 1 saturated heterocycles. The molecule has 1 aliphatic rings. The van der Waals surface area contributed by atoms with E-state index in [1.165, 1.54) is 23.0 Å². The van der Waals surface area contributed by atoms with E-state index in [0.717, 1.165) is 31.3 Å². The molecule has 2 heterocycles. The van der Waals surface area contributed by atoms with Gasteiger partial charge in [-0.1, -0.05) is 23.7 Å². The zero-order valence-electron chi connectivity index (χ0n) is 15.7. The maximum Gasteiger partial charge on any atom is 0.261 e. The summed E-state index contributed by atoms with van der Waals surface area (Å²) in [4.78, 5) is 33.4. The SMILES string of the molecule is O=C(Cn1cnc2ccc(F)cc2c1=O)N1CCN(Cc2cccc(Cl)c2)CC1. The minimum absolute atomic E-state index is 0.105. The van der Waals surface area contributed by atoms with E-state index < -0.39 is 11.4 Å². The Balaban J connectivity index is 1.38. The van der Waals surface area contributed by atoms with Gasteiger partial charge in [-0.15, -0.1) is 0 Å². The minimum Gasteiger partial charge on any atom is -0.339 e. The standard InChI is InChI=1S/C21H20ClFN4O2/c22-16-3-1-2-15(10-16)12-25-6-8-26(9-7-25)20(28)13-27-14-24-19-5-4-17(23)11-18(19)21(27)29/h1-5,10-11,14H,6-9,12-13H2. The first-order valence-electron chi connectivity index (χ1n) is 9.39. The quantitative estimate of drug-likeness (QED) is 0.658. The van der Waals surface area contributed by atoms with Crippen LogP contribution >= 0.6 is 11.6 Å².